The van der Waals surface area contributed by atoms with Gasteiger partial charge in [0, 0.05) is 30.3 Å². The Morgan fingerprint density at radius 1 is 1.10 bits per heavy atom. The fourth-order valence-electron chi connectivity index (χ4n) is 3.25. The molecule has 0 amide bonds. The zero-order valence-electron chi connectivity index (χ0n) is 16.2. The first-order chi connectivity index (χ1) is 14.6. The second-order valence-electron chi connectivity index (χ2n) is 6.60. The summed E-state index contributed by atoms with van der Waals surface area (Å²) in [5.74, 6) is 0.278. The van der Waals surface area contributed by atoms with Gasteiger partial charge in [0.2, 0.25) is 5.88 Å². The van der Waals surface area contributed by atoms with Crippen LogP contribution in [0.1, 0.15) is 18.1 Å². The predicted molar refractivity (Wildman–Crippen MR) is 112 cm³/mol. The molecule has 8 heteroatoms. The number of nitro benzene ring substituents is 1. The van der Waals surface area contributed by atoms with Crippen molar-refractivity contribution in [3.8, 4) is 17.0 Å². The van der Waals surface area contributed by atoms with Gasteiger partial charge in [-0.2, -0.15) is 4.98 Å². The van der Waals surface area contributed by atoms with E-state index in [-0.39, 0.29) is 17.1 Å². The molecular formula is C22H18N4O4. The molecule has 8 nitrogen and oxygen atoms in total. The van der Waals surface area contributed by atoms with E-state index >= 15 is 0 Å². The Bertz CT molecular complexity index is 1270. The summed E-state index contributed by atoms with van der Waals surface area (Å²) in [6, 6.07) is 15.7. The number of ether oxygens (including phenoxy) is 1. The number of aromatic nitrogens is 3. The van der Waals surface area contributed by atoms with E-state index in [1.54, 1.807) is 18.3 Å². The summed E-state index contributed by atoms with van der Waals surface area (Å²) >= 11 is 0. The van der Waals surface area contributed by atoms with Gasteiger partial charge < -0.3 is 4.74 Å². The van der Waals surface area contributed by atoms with Crippen molar-refractivity contribution in [1.29, 1.82) is 0 Å². The van der Waals surface area contributed by atoms with Gasteiger partial charge in [0.05, 0.1) is 17.1 Å². The first-order valence-corrected chi connectivity index (χ1v) is 9.39. The van der Waals surface area contributed by atoms with Crippen molar-refractivity contribution in [2.45, 2.75) is 13.3 Å². The number of non-ortho nitro benzene ring substituents is 1. The number of hydrogen-bond acceptors (Lipinski definition) is 6. The summed E-state index contributed by atoms with van der Waals surface area (Å²) in [5.41, 5.74) is 2.76. The predicted octanol–water partition coefficient (Wildman–Crippen LogP) is 3.65. The van der Waals surface area contributed by atoms with Crippen molar-refractivity contribution >= 4 is 11.3 Å². The highest BCUT2D eigenvalue weighted by Gasteiger charge is 2.18. The largest absolute Gasteiger partial charge is 0.478 e. The fourth-order valence-corrected chi connectivity index (χ4v) is 3.25. The lowest BCUT2D eigenvalue weighted by atomic mass is 10.1. The molecule has 2 heterocycles. The molecule has 0 aliphatic rings. The fraction of sp³-hybridized carbons (Fsp3) is 0.136. The summed E-state index contributed by atoms with van der Waals surface area (Å²) in [6.07, 6.45) is 3.38. The topological polar surface area (TPSA) is 99.6 Å². The number of fused-ring (bicyclic) bond motifs is 1. The van der Waals surface area contributed by atoms with Crippen LogP contribution in [-0.4, -0.2) is 25.9 Å². The van der Waals surface area contributed by atoms with E-state index in [0.29, 0.717) is 35.4 Å². The van der Waals surface area contributed by atoms with Crippen LogP contribution in [0.25, 0.3) is 16.8 Å². The summed E-state index contributed by atoms with van der Waals surface area (Å²) in [7, 11) is 0. The van der Waals surface area contributed by atoms with Crippen LogP contribution in [-0.2, 0) is 6.42 Å². The Labute approximate surface area is 171 Å². The van der Waals surface area contributed by atoms with Crippen molar-refractivity contribution in [3.05, 3.63) is 98.7 Å². The second kappa shape index (κ2) is 8.12. The van der Waals surface area contributed by atoms with Gasteiger partial charge in [0.25, 0.3) is 11.2 Å². The SMILES string of the molecule is CCOc1nc2c(-c3ccc([N+](=O)[O-])cc3)cncn2c(=O)c1Cc1ccccc1. The maximum atomic E-state index is 13.3. The van der Waals surface area contributed by atoms with Gasteiger partial charge in [-0.15, -0.1) is 0 Å². The average molecular weight is 402 g/mol. The van der Waals surface area contributed by atoms with Crippen molar-refractivity contribution in [3.63, 3.8) is 0 Å². The molecule has 2 aromatic carbocycles. The minimum absolute atomic E-state index is 0.0165. The maximum absolute atomic E-state index is 13.3. The molecule has 30 heavy (non-hydrogen) atoms. The highest BCUT2D eigenvalue weighted by molar-refractivity contribution is 5.77. The van der Waals surface area contributed by atoms with Crippen molar-refractivity contribution in [2.24, 2.45) is 0 Å². The molecule has 0 fully saturated rings. The molecule has 0 aliphatic carbocycles. The van der Waals surface area contributed by atoms with Gasteiger partial charge in [-0.1, -0.05) is 30.3 Å². The van der Waals surface area contributed by atoms with Gasteiger partial charge >= 0.3 is 0 Å². The molecule has 2 aromatic heterocycles. The Morgan fingerprint density at radius 2 is 1.83 bits per heavy atom. The minimum Gasteiger partial charge on any atom is -0.478 e. The first kappa shape index (κ1) is 19.3. The Morgan fingerprint density at radius 3 is 2.50 bits per heavy atom. The summed E-state index contributed by atoms with van der Waals surface area (Å²) < 4.78 is 7.09. The van der Waals surface area contributed by atoms with Gasteiger partial charge in [-0.25, -0.2) is 9.38 Å². The summed E-state index contributed by atoms with van der Waals surface area (Å²) in [5, 5.41) is 10.9. The van der Waals surface area contributed by atoms with E-state index in [4.69, 9.17) is 4.74 Å². The van der Waals surface area contributed by atoms with Crippen molar-refractivity contribution in [2.75, 3.05) is 6.61 Å². The smallest absolute Gasteiger partial charge is 0.269 e. The highest BCUT2D eigenvalue weighted by Crippen LogP contribution is 2.26. The van der Waals surface area contributed by atoms with E-state index in [0.717, 1.165) is 5.56 Å². The van der Waals surface area contributed by atoms with Gasteiger partial charge in [0.1, 0.15) is 6.33 Å². The molecule has 0 radical (unpaired) electrons. The van der Waals surface area contributed by atoms with E-state index in [1.165, 1.54) is 22.9 Å². The Balaban J connectivity index is 1.89. The monoisotopic (exact) mass is 402 g/mol. The lowest BCUT2D eigenvalue weighted by Gasteiger charge is -2.13. The lowest BCUT2D eigenvalue weighted by molar-refractivity contribution is -0.384. The lowest BCUT2D eigenvalue weighted by Crippen LogP contribution is -2.22. The Hall–Kier alpha value is -4.07. The molecule has 0 unspecified atom stereocenters. The van der Waals surface area contributed by atoms with E-state index in [9.17, 15) is 14.9 Å². The van der Waals surface area contributed by atoms with Gasteiger partial charge in [0.15, 0.2) is 5.65 Å². The number of nitrogens with zero attached hydrogens (tertiary/aromatic N) is 4. The van der Waals surface area contributed by atoms with E-state index < -0.39 is 4.92 Å². The van der Waals surface area contributed by atoms with Crippen LogP contribution >= 0.6 is 0 Å². The molecule has 0 saturated carbocycles. The number of hydrogen-bond donors (Lipinski definition) is 0. The molecule has 0 saturated heterocycles. The van der Waals surface area contributed by atoms with Crippen LogP contribution in [0.5, 0.6) is 5.88 Å². The molecule has 150 valence electrons. The Kier molecular flexibility index (Phi) is 5.21. The van der Waals surface area contributed by atoms with Crippen molar-refractivity contribution < 1.29 is 9.66 Å². The third kappa shape index (κ3) is 3.62. The number of nitro groups is 1. The standard InChI is InChI=1S/C22H18N4O4/c1-2-30-21-18(12-15-6-4-3-5-7-15)22(27)25-14-23-13-19(20(25)24-21)16-8-10-17(11-9-16)26(28)29/h3-11,13-14H,2,12H2,1H3. The second-order valence-corrected chi connectivity index (χ2v) is 6.60. The van der Waals surface area contributed by atoms with Crippen LogP contribution in [0.2, 0.25) is 0 Å². The molecule has 0 N–H and O–H groups in total. The number of benzene rings is 2. The normalized spacial score (nSPS) is 10.8. The molecular weight excluding hydrogens is 384 g/mol. The third-order valence-corrected chi connectivity index (χ3v) is 4.69. The zero-order chi connectivity index (χ0) is 21.1. The molecule has 0 aliphatic heterocycles. The van der Waals surface area contributed by atoms with Crippen LogP contribution < -0.4 is 10.3 Å². The summed E-state index contributed by atoms with van der Waals surface area (Å²) in [4.78, 5) is 32.5. The van der Waals surface area contributed by atoms with Gasteiger partial charge in [-0.3, -0.25) is 14.9 Å². The average Bonchev–Trinajstić information content (AvgIpc) is 2.77. The third-order valence-electron chi connectivity index (χ3n) is 4.69. The highest BCUT2D eigenvalue weighted by atomic mass is 16.6. The summed E-state index contributed by atoms with van der Waals surface area (Å²) in [6.45, 7) is 2.20. The van der Waals surface area contributed by atoms with Crippen LogP contribution in [0.4, 0.5) is 5.69 Å². The molecule has 4 aromatic rings. The van der Waals surface area contributed by atoms with Crippen LogP contribution in [0.15, 0.2) is 71.9 Å². The van der Waals surface area contributed by atoms with Crippen LogP contribution in [0, 0.1) is 10.1 Å². The minimum atomic E-state index is -0.461. The van der Waals surface area contributed by atoms with Crippen LogP contribution in [0.3, 0.4) is 0 Å². The van der Waals surface area contributed by atoms with Crippen molar-refractivity contribution in [1.82, 2.24) is 14.4 Å². The first-order valence-electron chi connectivity index (χ1n) is 9.39. The molecule has 4 rings (SSSR count). The zero-order valence-corrected chi connectivity index (χ0v) is 16.2. The molecule has 0 bridgehead atoms. The quantitative estimate of drug-likeness (QED) is 0.360. The van der Waals surface area contributed by atoms with E-state index in [1.807, 2.05) is 37.3 Å². The molecule has 0 spiro atoms. The maximum Gasteiger partial charge on any atom is 0.269 e. The van der Waals surface area contributed by atoms with E-state index in [2.05, 4.69) is 9.97 Å². The molecule has 0 atom stereocenters. The van der Waals surface area contributed by atoms with Gasteiger partial charge in [-0.05, 0) is 30.2 Å². The number of rotatable bonds is 6.